The molecular weight excluding hydrogens is 314 g/mol. The minimum Gasteiger partial charge on any atom is -0.395 e. The zero-order chi connectivity index (χ0) is 16.8. The van der Waals surface area contributed by atoms with Crippen molar-refractivity contribution in [3.05, 3.63) is 34.9 Å². The van der Waals surface area contributed by atoms with E-state index in [4.69, 9.17) is 16.7 Å². The number of halogens is 1. The summed E-state index contributed by atoms with van der Waals surface area (Å²) in [7, 11) is 0. The highest BCUT2D eigenvalue weighted by Crippen LogP contribution is 2.16. The first-order chi connectivity index (χ1) is 11.0. The number of nitrogens with zero attached hydrogens (tertiary/aromatic N) is 2. The van der Waals surface area contributed by atoms with Gasteiger partial charge in [-0.3, -0.25) is 14.6 Å². The SMILES string of the molecule is C[C@H](NC(=O)[C@H](C)N1CCN(CCO)CC1)c1ccc(Cl)cc1. The van der Waals surface area contributed by atoms with E-state index in [9.17, 15) is 4.79 Å². The number of carbonyl (C=O) groups excluding carboxylic acids is 1. The number of hydrogen-bond acceptors (Lipinski definition) is 4. The summed E-state index contributed by atoms with van der Waals surface area (Å²) in [4.78, 5) is 16.9. The Kier molecular flexibility index (Phi) is 6.84. The molecule has 1 aliphatic rings. The van der Waals surface area contributed by atoms with Crippen LogP contribution in [-0.4, -0.2) is 66.2 Å². The molecule has 0 radical (unpaired) electrons. The molecule has 23 heavy (non-hydrogen) atoms. The summed E-state index contributed by atoms with van der Waals surface area (Å²) in [5.41, 5.74) is 1.04. The molecule has 6 heteroatoms. The third kappa shape index (κ3) is 5.18. The van der Waals surface area contributed by atoms with Crippen molar-refractivity contribution in [2.45, 2.75) is 25.9 Å². The molecule has 1 heterocycles. The van der Waals surface area contributed by atoms with Gasteiger partial charge >= 0.3 is 0 Å². The molecule has 0 unspecified atom stereocenters. The van der Waals surface area contributed by atoms with Crippen LogP contribution < -0.4 is 5.32 Å². The molecule has 0 aromatic heterocycles. The van der Waals surface area contributed by atoms with Crippen LogP contribution >= 0.6 is 11.6 Å². The number of hydrogen-bond donors (Lipinski definition) is 2. The van der Waals surface area contributed by atoms with Gasteiger partial charge in [-0.05, 0) is 31.5 Å². The Bertz CT molecular complexity index is 501. The molecule has 2 rings (SSSR count). The first-order valence-corrected chi connectivity index (χ1v) is 8.52. The van der Waals surface area contributed by atoms with Crippen molar-refractivity contribution < 1.29 is 9.90 Å². The number of carbonyl (C=O) groups is 1. The maximum absolute atomic E-state index is 12.5. The van der Waals surface area contributed by atoms with Crippen LogP contribution in [0.2, 0.25) is 5.02 Å². The number of amides is 1. The first kappa shape index (κ1) is 18.2. The molecule has 128 valence electrons. The van der Waals surface area contributed by atoms with Crippen LogP contribution in [0.4, 0.5) is 0 Å². The van der Waals surface area contributed by atoms with Crippen LogP contribution in [0.15, 0.2) is 24.3 Å². The summed E-state index contributed by atoms with van der Waals surface area (Å²) in [5, 5.41) is 12.7. The number of β-amino-alcohol motifs (C(OH)–C–C–N with tert-alkyl or cyclic N) is 1. The highest BCUT2D eigenvalue weighted by atomic mass is 35.5. The second kappa shape index (κ2) is 8.64. The fourth-order valence-corrected chi connectivity index (χ4v) is 2.98. The van der Waals surface area contributed by atoms with Gasteiger partial charge < -0.3 is 10.4 Å². The number of aliphatic hydroxyl groups is 1. The van der Waals surface area contributed by atoms with Gasteiger partial charge in [-0.1, -0.05) is 23.7 Å². The second-order valence-electron chi connectivity index (χ2n) is 6.06. The highest BCUT2D eigenvalue weighted by molar-refractivity contribution is 6.30. The summed E-state index contributed by atoms with van der Waals surface area (Å²) in [6.45, 7) is 8.32. The van der Waals surface area contributed by atoms with Crippen LogP contribution in [0.1, 0.15) is 25.5 Å². The maximum atomic E-state index is 12.5. The third-order valence-electron chi connectivity index (χ3n) is 4.48. The predicted molar refractivity (Wildman–Crippen MR) is 92.6 cm³/mol. The van der Waals surface area contributed by atoms with Gasteiger partial charge in [-0.15, -0.1) is 0 Å². The lowest BCUT2D eigenvalue weighted by molar-refractivity contribution is -0.127. The number of nitrogens with one attached hydrogen (secondary N) is 1. The molecule has 0 bridgehead atoms. The summed E-state index contributed by atoms with van der Waals surface area (Å²) >= 11 is 5.89. The van der Waals surface area contributed by atoms with Crippen molar-refractivity contribution in [3.8, 4) is 0 Å². The number of piperazine rings is 1. The zero-order valence-electron chi connectivity index (χ0n) is 13.8. The third-order valence-corrected chi connectivity index (χ3v) is 4.73. The van der Waals surface area contributed by atoms with Crippen LogP contribution in [-0.2, 0) is 4.79 Å². The molecule has 1 saturated heterocycles. The Balaban J connectivity index is 1.84. The summed E-state index contributed by atoms with van der Waals surface area (Å²) in [6.07, 6.45) is 0. The van der Waals surface area contributed by atoms with Gasteiger partial charge in [-0.25, -0.2) is 0 Å². The summed E-state index contributed by atoms with van der Waals surface area (Å²) < 4.78 is 0. The van der Waals surface area contributed by atoms with Crippen molar-refractivity contribution in [1.82, 2.24) is 15.1 Å². The molecule has 1 aromatic carbocycles. The van der Waals surface area contributed by atoms with Gasteiger partial charge in [0.05, 0.1) is 18.7 Å². The van der Waals surface area contributed by atoms with Gasteiger partial charge in [0.2, 0.25) is 5.91 Å². The molecule has 0 saturated carbocycles. The molecule has 2 N–H and O–H groups in total. The number of aliphatic hydroxyl groups excluding tert-OH is 1. The van der Waals surface area contributed by atoms with Crippen LogP contribution in [0, 0.1) is 0 Å². The lowest BCUT2D eigenvalue weighted by atomic mass is 10.1. The topological polar surface area (TPSA) is 55.8 Å². The first-order valence-electron chi connectivity index (χ1n) is 8.14. The fourth-order valence-electron chi connectivity index (χ4n) is 2.85. The molecular formula is C17H26ClN3O2. The molecule has 5 nitrogen and oxygen atoms in total. The number of benzene rings is 1. The molecule has 0 aliphatic carbocycles. The Morgan fingerprint density at radius 1 is 1.22 bits per heavy atom. The van der Waals surface area contributed by atoms with E-state index in [1.807, 2.05) is 38.1 Å². The summed E-state index contributed by atoms with van der Waals surface area (Å²) in [5.74, 6) is 0.0445. The Morgan fingerprint density at radius 2 is 1.83 bits per heavy atom. The zero-order valence-corrected chi connectivity index (χ0v) is 14.6. The second-order valence-corrected chi connectivity index (χ2v) is 6.50. The van der Waals surface area contributed by atoms with E-state index in [1.54, 1.807) is 0 Å². The largest absolute Gasteiger partial charge is 0.395 e. The number of rotatable bonds is 6. The lowest BCUT2D eigenvalue weighted by Gasteiger charge is -2.37. The van der Waals surface area contributed by atoms with Crippen molar-refractivity contribution in [3.63, 3.8) is 0 Å². The molecule has 0 spiro atoms. The minimum absolute atomic E-state index is 0.0436. The Hall–Kier alpha value is -1.14. The van der Waals surface area contributed by atoms with E-state index in [2.05, 4.69) is 15.1 Å². The van der Waals surface area contributed by atoms with E-state index in [1.165, 1.54) is 0 Å². The van der Waals surface area contributed by atoms with Gasteiger partial charge in [0.25, 0.3) is 0 Å². The van der Waals surface area contributed by atoms with Crippen molar-refractivity contribution in [2.75, 3.05) is 39.3 Å². The Morgan fingerprint density at radius 3 is 2.39 bits per heavy atom. The van der Waals surface area contributed by atoms with E-state index in [-0.39, 0.29) is 24.6 Å². The molecule has 1 aliphatic heterocycles. The highest BCUT2D eigenvalue weighted by Gasteiger charge is 2.26. The van der Waals surface area contributed by atoms with E-state index in [0.717, 1.165) is 31.7 Å². The van der Waals surface area contributed by atoms with Crippen molar-refractivity contribution in [2.24, 2.45) is 0 Å². The van der Waals surface area contributed by atoms with Gasteiger partial charge in [0.1, 0.15) is 0 Å². The lowest BCUT2D eigenvalue weighted by Crippen LogP contribution is -2.54. The Labute approximate surface area is 143 Å². The smallest absolute Gasteiger partial charge is 0.237 e. The summed E-state index contributed by atoms with van der Waals surface area (Å²) in [6, 6.07) is 7.35. The van der Waals surface area contributed by atoms with E-state index < -0.39 is 0 Å². The van der Waals surface area contributed by atoms with Crippen LogP contribution in [0.3, 0.4) is 0 Å². The van der Waals surface area contributed by atoms with Gasteiger partial charge in [0.15, 0.2) is 0 Å². The monoisotopic (exact) mass is 339 g/mol. The minimum atomic E-state index is -0.152. The standard InChI is InChI=1S/C17H26ClN3O2/c1-13(15-3-5-16(18)6-4-15)19-17(23)14(2)21-9-7-20(8-10-21)11-12-22/h3-6,13-14,22H,7-12H2,1-2H3,(H,19,23)/t13-,14-/m0/s1. The van der Waals surface area contributed by atoms with E-state index in [0.29, 0.717) is 11.6 Å². The average molecular weight is 340 g/mol. The predicted octanol–water partition coefficient (Wildman–Crippen LogP) is 1.52. The quantitative estimate of drug-likeness (QED) is 0.825. The molecule has 1 fully saturated rings. The maximum Gasteiger partial charge on any atom is 0.237 e. The van der Waals surface area contributed by atoms with Crippen molar-refractivity contribution in [1.29, 1.82) is 0 Å². The van der Waals surface area contributed by atoms with E-state index >= 15 is 0 Å². The molecule has 2 atom stereocenters. The van der Waals surface area contributed by atoms with Gasteiger partial charge in [-0.2, -0.15) is 0 Å². The fraction of sp³-hybridized carbons (Fsp3) is 0.588. The molecule has 1 amide bonds. The van der Waals surface area contributed by atoms with Crippen molar-refractivity contribution >= 4 is 17.5 Å². The van der Waals surface area contributed by atoms with Crippen LogP contribution in [0.25, 0.3) is 0 Å². The normalized spacial score (nSPS) is 19.3. The van der Waals surface area contributed by atoms with Crippen LogP contribution in [0.5, 0.6) is 0 Å². The average Bonchev–Trinajstić information content (AvgIpc) is 2.55. The van der Waals surface area contributed by atoms with Gasteiger partial charge in [0, 0.05) is 37.7 Å². The molecule has 1 aromatic rings.